The zero-order chi connectivity index (χ0) is 12.1. The third-order valence-electron chi connectivity index (χ3n) is 2.84. The van der Waals surface area contributed by atoms with Crippen LogP contribution < -0.4 is 5.32 Å². The van der Waals surface area contributed by atoms with Gasteiger partial charge in [0, 0.05) is 17.1 Å². The van der Waals surface area contributed by atoms with Crippen LogP contribution in [0, 0.1) is 5.92 Å². The Kier molecular flexibility index (Phi) is 5.26. The Balaban J connectivity index is 2.64. The number of hydrogen-bond donors (Lipinski definition) is 2. The molecule has 0 amide bonds. The van der Waals surface area contributed by atoms with Crippen LogP contribution in [0.1, 0.15) is 32.4 Å². The predicted molar refractivity (Wildman–Crippen MR) is 68.7 cm³/mol. The highest BCUT2D eigenvalue weighted by atomic mass is 35.5. The average molecular weight is 242 g/mol. The maximum Gasteiger partial charge on any atom is 0.0587 e. The summed E-state index contributed by atoms with van der Waals surface area (Å²) >= 11 is 5.84. The molecule has 1 aromatic rings. The van der Waals surface area contributed by atoms with Crippen molar-refractivity contribution in [2.24, 2.45) is 5.92 Å². The molecule has 0 aromatic heterocycles. The number of aliphatic hydroxyl groups excluding tert-OH is 1. The van der Waals surface area contributed by atoms with Crippen molar-refractivity contribution in [1.29, 1.82) is 0 Å². The van der Waals surface area contributed by atoms with Gasteiger partial charge in [-0.3, -0.25) is 0 Å². The maximum absolute atomic E-state index is 9.25. The maximum atomic E-state index is 9.25. The van der Waals surface area contributed by atoms with Gasteiger partial charge >= 0.3 is 0 Å². The SMILES string of the molecule is CC(C)[C@@H](CO)N[C@@H](C)c1ccc(Cl)cc1. The molecule has 0 heterocycles. The van der Waals surface area contributed by atoms with E-state index in [0.717, 1.165) is 5.02 Å². The Morgan fingerprint density at radius 2 is 1.75 bits per heavy atom. The molecule has 0 saturated carbocycles. The van der Waals surface area contributed by atoms with Crippen LogP contribution >= 0.6 is 11.6 Å². The summed E-state index contributed by atoms with van der Waals surface area (Å²) in [5.74, 6) is 0.416. The smallest absolute Gasteiger partial charge is 0.0587 e. The lowest BCUT2D eigenvalue weighted by molar-refractivity contribution is 0.201. The molecule has 0 spiro atoms. The Bertz CT molecular complexity index is 310. The van der Waals surface area contributed by atoms with E-state index in [1.165, 1.54) is 5.56 Å². The first-order valence-corrected chi connectivity index (χ1v) is 6.04. The highest BCUT2D eigenvalue weighted by molar-refractivity contribution is 6.30. The van der Waals surface area contributed by atoms with Crippen molar-refractivity contribution in [3.63, 3.8) is 0 Å². The summed E-state index contributed by atoms with van der Waals surface area (Å²) < 4.78 is 0. The summed E-state index contributed by atoms with van der Waals surface area (Å²) in [6.07, 6.45) is 0. The number of benzene rings is 1. The zero-order valence-electron chi connectivity index (χ0n) is 10.1. The van der Waals surface area contributed by atoms with E-state index in [4.69, 9.17) is 11.6 Å². The molecule has 2 nitrogen and oxygen atoms in total. The first-order chi connectivity index (χ1) is 7.54. The summed E-state index contributed by atoms with van der Waals surface area (Å²) in [6.45, 7) is 6.45. The Morgan fingerprint density at radius 1 is 1.19 bits per heavy atom. The standard InChI is InChI=1S/C13H20ClNO/c1-9(2)13(8-16)15-10(3)11-4-6-12(14)7-5-11/h4-7,9-10,13,15-16H,8H2,1-3H3/t10-,13+/m0/s1. The van der Waals surface area contributed by atoms with E-state index < -0.39 is 0 Å². The van der Waals surface area contributed by atoms with Gasteiger partial charge in [0.2, 0.25) is 0 Å². The summed E-state index contributed by atoms with van der Waals surface area (Å²) in [4.78, 5) is 0. The summed E-state index contributed by atoms with van der Waals surface area (Å²) in [6, 6.07) is 8.14. The first-order valence-electron chi connectivity index (χ1n) is 5.67. The molecule has 3 heteroatoms. The van der Waals surface area contributed by atoms with Crippen molar-refractivity contribution in [2.75, 3.05) is 6.61 Å². The van der Waals surface area contributed by atoms with Crippen molar-refractivity contribution < 1.29 is 5.11 Å². The van der Waals surface area contributed by atoms with Gasteiger partial charge in [0.25, 0.3) is 0 Å². The second-order valence-electron chi connectivity index (χ2n) is 4.47. The van der Waals surface area contributed by atoms with Crippen LogP contribution in [0.25, 0.3) is 0 Å². The third-order valence-corrected chi connectivity index (χ3v) is 3.09. The van der Waals surface area contributed by atoms with Crippen LogP contribution in [0.2, 0.25) is 5.02 Å². The second-order valence-corrected chi connectivity index (χ2v) is 4.91. The molecule has 0 unspecified atom stereocenters. The van der Waals surface area contributed by atoms with Crippen LogP contribution in [0.15, 0.2) is 24.3 Å². The molecule has 16 heavy (non-hydrogen) atoms. The highest BCUT2D eigenvalue weighted by Gasteiger charge is 2.15. The van der Waals surface area contributed by atoms with Crippen molar-refractivity contribution in [2.45, 2.75) is 32.9 Å². The van der Waals surface area contributed by atoms with Crippen molar-refractivity contribution in [3.8, 4) is 0 Å². The van der Waals surface area contributed by atoms with Gasteiger partial charge in [0.1, 0.15) is 0 Å². The fourth-order valence-corrected chi connectivity index (χ4v) is 1.75. The Hall–Kier alpha value is -0.570. The number of halogens is 1. The van der Waals surface area contributed by atoms with Crippen LogP contribution in [-0.4, -0.2) is 17.8 Å². The molecule has 0 saturated heterocycles. The average Bonchev–Trinajstić information content (AvgIpc) is 2.26. The molecule has 0 fully saturated rings. The lowest BCUT2D eigenvalue weighted by Gasteiger charge is -2.25. The Labute approximate surface area is 103 Å². The molecule has 2 atom stereocenters. The molecule has 0 radical (unpaired) electrons. The predicted octanol–water partition coefficient (Wildman–Crippen LogP) is 3.01. The van der Waals surface area contributed by atoms with Gasteiger partial charge in [0.15, 0.2) is 0 Å². The van der Waals surface area contributed by atoms with E-state index in [-0.39, 0.29) is 18.7 Å². The van der Waals surface area contributed by atoms with Gasteiger partial charge in [-0.15, -0.1) is 0 Å². The van der Waals surface area contributed by atoms with Gasteiger partial charge in [0.05, 0.1) is 6.61 Å². The highest BCUT2D eigenvalue weighted by Crippen LogP contribution is 2.17. The van der Waals surface area contributed by atoms with E-state index in [1.807, 2.05) is 24.3 Å². The molecule has 1 rings (SSSR count). The number of hydrogen-bond acceptors (Lipinski definition) is 2. The van der Waals surface area contributed by atoms with E-state index in [9.17, 15) is 5.11 Å². The fraction of sp³-hybridized carbons (Fsp3) is 0.538. The van der Waals surface area contributed by atoms with E-state index in [2.05, 4.69) is 26.1 Å². The molecule has 2 N–H and O–H groups in total. The largest absolute Gasteiger partial charge is 0.395 e. The molecule has 0 aliphatic carbocycles. The topological polar surface area (TPSA) is 32.3 Å². The third kappa shape index (κ3) is 3.78. The van der Waals surface area contributed by atoms with Gasteiger partial charge in [-0.1, -0.05) is 37.6 Å². The van der Waals surface area contributed by atoms with Crippen LogP contribution in [0.5, 0.6) is 0 Å². The van der Waals surface area contributed by atoms with E-state index in [0.29, 0.717) is 5.92 Å². The summed E-state index contributed by atoms with van der Waals surface area (Å²) in [5, 5.41) is 13.4. The van der Waals surface area contributed by atoms with Gasteiger partial charge < -0.3 is 10.4 Å². The lowest BCUT2D eigenvalue weighted by atomic mass is 10.0. The Morgan fingerprint density at radius 3 is 2.19 bits per heavy atom. The van der Waals surface area contributed by atoms with Crippen molar-refractivity contribution in [1.82, 2.24) is 5.32 Å². The van der Waals surface area contributed by atoms with Crippen LogP contribution in [-0.2, 0) is 0 Å². The van der Waals surface area contributed by atoms with E-state index >= 15 is 0 Å². The number of rotatable bonds is 5. The summed E-state index contributed by atoms with van der Waals surface area (Å²) in [7, 11) is 0. The minimum atomic E-state index is 0.130. The number of nitrogens with one attached hydrogen (secondary N) is 1. The molecule has 1 aromatic carbocycles. The van der Waals surface area contributed by atoms with Gasteiger partial charge in [-0.25, -0.2) is 0 Å². The lowest BCUT2D eigenvalue weighted by Crippen LogP contribution is -2.38. The molecule has 0 aliphatic heterocycles. The van der Waals surface area contributed by atoms with Gasteiger partial charge in [-0.2, -0.15) is 0 Å². The second kappa shape index (κ2) is 6.24. The van der Waals surface area contributed by atoms with Crippen molar-refractivity contribution in [3.05, 3.63) is 34.9 Å². The molecule has 0 aliphatic rings. The minimum Gasteiger partial charge on any atom is -0.395 e. The zero-order valence-corrected chi connectivity index (χ0v) is 10.8. The van der Waals surface area contributed by atoms with Gasteiger partial charge in [-0.05, 0) is 30.5 Å². The molecular formula is C13H20ClNO. The first kappa shape index (κ1) is 13.5. The molecule has 0 bridgehead atoms. The quantitative estimate of drug-likeness (QED) is 0.831. The minimum absolute atomic E-state index is 0.130. The summed E-state index contributed by atoms with van der Waals surface area (Å²) in [5.41, 5.74) is 1.18. The molecular weight excluding hydrogens is 222 g/mol. The van der Waals surface area contributed by atoms with Crippen LogP contribution in [0.3, 0.4) is 0 Å². The molecule has 90 valence electrons. The normalized spacial score (nSPS) is 15.1. The number of aliphatic hydroxyl groups is 1. The van der Waals surface area contributed by atoms with Crippen LogP contribution in [0.4, 0.5) is 0 Å². The monoisotopic (exact) mass is 241 g/mol. The van der Waals surface area contributed by atoms with Crippen molar-refractivity contribution >= 4 is 11.6 Å². The fourth-order valence-electron chi connectivity index (χ4n) is 1.62. The van der Waals surface area contributed by atoms with E-state index in [1.54, 1.807) is 0 Å².